The molecule has 0 aliphatic heterocycles. The minimum atomic E-state index is -2.92. The van der Waals surface area contributed by atoms with Crippen LogP contribution in [0.3, 0.4) is 0 Å². The average molecular weight is 2330 g/mol. The second-order valence-electron chi connectivity index (χ2n) is 39.6. The van der Waals surface area contributed by atoms with E-state index in [9.17, 15) is 0 Å². The van der Waals surface area contributed by atoms with E-state index in [1.54, 1.807) is 0 Å². The van der Waals surface area contributed by atoms with E-state index >= 15 is 0 Å². The van der Waals surface area contributed by atoms with Gasteiger partial charge in [-0.1, -0.05) is 121 Å². The Labute approximate surface area is 853 Å². The van der Waals surface area contributed by atoms with Gasteiger partial charge in [0.15, 0.2) is 0 Å². The predicted molar refractivity (Wildman–Crippen MR) is 673 cm³/mol. The quantitative estimate of drug-likeness (QED) is 0.0421. The summed E-state index contributed by atoms with van der Waals surface area (Å²) in [6.45, 7) is 148. The summed E-state index contributed by atoms with van der Waals surface area (Å²) in [5.74, 6) is 0. The van der Waals surface area contributed by atoms with Crippen molar-refractivity contribution in [2.45, 2.75) is 274 Å². The Morgan fingerprint density at radius 2 is 0.256 bits per heavy atom. The van der Waals surface area contributed by atoms with Crippen LogP contribution in [0.1, 0.15) is 0 Å². The van der Waals surface area contributed by atoms with Crippen LogP contribution in [0.2, 0.25) is 274 Å². The molecule has 0 aliphatic rings. The van der Waals surface area contributed by atoms with Crippen molar-refractivity contribution in [3.8, 4) is 0 Å². The summed E-state index contributed by atoms with van der Waals surface area (Å²) in [5.41, 5.74) is 0. The summed E-state index contributed by atoms with van der Waals surface area (Å²) >= 11 is -9.08. The van der Waals surface area contributed by atoms with Gasteiger partial charge in [0.2, 0.25) is 0 Å². The van der Waals surface area contributed by atoms with Crippen molar-refractivity contribution in [3.63, 3.8) is 0 Å². The molecule has 0 fully saturated rings. The van der Waals surface area contributed by atoms with Gasteiger partial charge in [-0.15, -0.1) is 78.9 Å². The molecule has 0 saturated heterocycles. The van der Waals surface area contributed by atoms with E-state index in [0.29, 0.717) is 0 Å². The second kappa shape index (κ2) is 82.3. The summed E-state index contributed by atoms with van der Waals surface area (Å²) in [7, 11) is -15.4. The Balaban J connectivity index is -0.000000600. The SMILES string of the molecule is C=CC[Si](CC=C)(CC=C)CC[Si](CC[Si](CC=C)(CC=C)CC=C)(CC[Si](CC=C)(CC=C)CC=C)CC[Si](CC=C)(CC=C)CC=C.C=CC[Si](CC=C)(CC=C)C[CH2][Sn]([CH2]C[Si](CC=C)(CC=C)CC=C)([CH2]C[Si](CC=C)(CC=C)CC=C)[CH2]C[Si](CC=C)(CC=C)CC=C.C=C[CH2][Ge]([CH2]C=C)([CH2]C=C)[CH2]C=C.C=C[CH2][Sn]([CH2]C=C)([CH2]C=C)[CH2]C=C.C=[CH][Sn]([CH]=C)([CH]=C)[CH]=C. The van der Waals surface area contributed by atoms with Crippen molar-refractivity contribution < 1.29 is 0 Å². The first-order chi connectivity index (χ1) is 63.8. The molecule has 0 rings (SSSR count). The molecule has 0 atom stereocenters. The molecular formula is C120H204GeSi9Sn3. The molecule has 0 aromatic rings. The van der Waals surface area contributed by atoms with Gasteiger partial charge in [0.05, 0.1) is 40.4 Å². The first-order valence-electron chi connectivity index (χ1n) is 49.9. The molecule has 0 bridgehead atoms. The van der Waals surface area contributed by atoms with Crippen LogP contribution in [0, 0.1) is 0 Å². The van der Waals surface area contributed by atoms with Crippen molar-refractivity contribution in [2.24, 2.45) is 0 Å². The van der Waals surface area contributed by atoms with Gasteiger partial charge >= 0.3 is 550 Å². The molecule has 0 aliphatic carbocycles. The molecule has 13 heteroatoms. The molecule has 133 heavy (non-hydrogen) atoms. The van der Waals surface area contributed by atoms with Gasteiger partial charge in [-0.25, -0.2) is 0 Å². The van der Waals surface area contributed by atoms with Crippen molar-refractivity contribution in [1.82, 2.24) is 0 Å². The topological polar surface area (TPSA) is 0 Å². The zero-order valence-electron chi connectivity index (χ0n) is 86.7. The van der Waals surface area contributed by atoms with E-state index in [1.807, 2.05) is 16.4 Å². The summed E-state index contributed by atoms with van der Waals surface area (Å²) in [4.78, 5) is 0. The molecule has 0 saturated carbocycles. The van der Waals surface area contributed by atoms with E-state index in [2.05, 4.69) is 431 Å². The fraction of sp³-hybridized carbons (Fsp3) is 0.400. The number of rotatable bonds is 92. The summed E-state index contributed by atoms with van der Waals surface area (Å²) in [6, 6.07) is 44.0. The molecule has 0 unspecified atom stereocenters. The van der Waals surface area contributed by atoms with E-state index < -0.39 is 141 Å². The van der Waals surface area contributed by atoms with Crippen LogP contribution in [0.5, 0.6) is 0 Å². The van der Waals surface area contributed by atoms with Gasteiger partial charge < -0.3 is 0 Å². The van der Waals surface area contributed by atoms with E-state index in [1.165, 1.54) is 129 Å². The first kappa shape index (κ1) is 137. The number of hydrogen-bond acceptors (Lipinski definition) is 0. The predicted octanol–water partition coefficient (Wildman–Crippen LogP) is 41.6. The molecule has 0 N–H and O–H groups in total. The van der Waals surface area contributed by atoms with Crippen LogP contribution in [0.4, 0.5) is 0 Å². The molecule has 0 spiro atoms. The van der Waals surface area contributed by atoms with Gasteiger partial charge in [-0.05, 0) is 72.5 Å². The molecule has 0 amide bonds. The van der Waals surface area contributed by atoms with Crippen LogP contribution in [-0.2, 0) is 0 Å². The van der Waals surface area contributed by atoms with Gasteiger partial charge in [0.25, 0.3) is 0 Å². The van der Waals surface area contributed by atoms with Gasteiger partial charge in [0, 0.05) is 0 Å². The number of allylic oxidation sites excluding steroid dienone is 32. The third-order valence-electron chi connectivity index (χ3n) is 29.4. The first-order valence-corrected chi connectivity index (χ1v) is 104. The van der Waals surface area contributed by atoms with Crippen LogP contribution in [0.15, 0.2) is 448 Å². The molecule has 0 aromatic carbocycles. The van der Waals surface area contributed by atoms with Crippen LogP contribution >= 0.6 is 0 Å². The number of hydrogen-bond donors (Lipinski definition) is 0. The van der Waals surface area contributed by atoms with Crippen molar-refractivity contribution in [1.29, 1.82) is 0 Å². The van der Waals surface area contributed by atoms with E-state index in [0.717, 1.165) is 145 Å². The Bertz CT molecular complexity index is 2760. The fourth-order valence-corrected chi connectivity index (χ4v) is 128. The zero-order valence-corrected chi connectivity index (χ0v) is 106. The van der Waals surface area contributed by atoms with Gasteiger partial charge in [0.1, 0.15) is 0 Å². The van der Waals surface area contributed by atoms with Crippen LogP contribution in [-0.4, -0.2) is 141 Å². The van der Waals surface area contributed by atoms with Gasteiger partial charge in [-0.2, -0.15) is 0 Å². The summed E-state index contributed by atoms with van der Waals surface area (Å²) < 4.78 is 18.6. The monoisotopic (exact) mass is 2330 g/mol. The molecule has 0 aromatic heterocycles. The maximum absolute atomic E-state index is 4.26. The fourth-order valence-electron chi connectivity index (χ4n) is 21.5. The van der Waals surface area contributed by atoms with E-state index in [4.69, 9.17) is 0 Å². The van der Waals surface area contributed by atoms with Crippen LogP contribution in [0.25, 0.3) is 0 Å². The van der Waals surface area contributed by atoms with Gasteiger partial charge in [-0.3, -0.25) is 0 Å². The summed E-state index contributed by atoms with van der Waals surface area (Å²) in [5, 5.41) is 4.74. The Morgan fingerprint density at radius 1 is 0.135 bits per heavy atom. The Kier molecular flexibility index (Phi) is 84.7. The third-order valence-corrected chi connectivity index (χ3v) is 126. The molecule has 736 valence electrons. The molecular weight excluding hydrogens is 2120 g/mol. The van der Waals surface area contributed by atoms with E-state index in [-0.39, 0.29) is 0 Å². The van der Waals surface area contributed by atoms with Crippen molar-refractivity contribution in [3.05, 3.63) is 448 Å². The zero-order chi connectivity index (χ0) is 102. The summed E-state index contributed by atoms with van der Waals surface area (Å²) in [6.07, 6.45) is 69.3. The molecule has 0 nitrogen and oxygen atoms in total. The normalized spacial score (nSPS) is 11.7. The molecule has 0 radical (unpaired) electrons. The average Bonchev–Trinajstić information content (AvgIpc) is 0.803. The Hall–Kier alpha value is -4.47. The standard InChI is InChI=1S/C44H76Si5.C12H20Ge.4C11H19Si.4C3H5.4C2H3.3Sn/c1-13-25-45(26-14-2,27-15-3)37-41-49(42-38-46(28-16-4,29-17-5)30-18-6,43-39-47(31-19-7,32-20-8)33-21-9)44-40-48(34-22-10,35-23-11)36-24-12;1-5-9-13(10-6-2,11-7-3)12-8-4;4*1-5-9-12(8-4,10-6-2)11-7-3;4*1-3-2;4*1-2;;;/h13-24H,1-12,25-44H2;5-8H,1-4,9-12H2;4*5-7H,1-4,8-11H2;4*3H,1-2H2;4*1H,2H2;;;. The van der Waals surface area contributed by atoms with Crippen LogP contribution < -0.4 is 0 Å². The second-order valence-corrected chi connectivity index (χ2v) is 130. The molecule has 0 heterocycles. The maximum atomic E-state index is 4.26. The van der Waals surface area contributed by atoms with Crippen molar-refractivity contribution in [2.75, 3.05) is 0 Å². The Morgan fingerprint density at radius 3 is 0.353 bits per heavy atom. The third kappa shape index (κ3) is 54.8. The minimum absolute atomic E-state index is 1.14. The van der Waals surface area contributed by atoms with Crippen molar-refractivity contribution >= 4 is 141 Å².